The van der Waals surface area contributed by atoms with Crippen LogP contribution in [-0.2, 0) is 12.1 Å². The third-order valence-corrected chi connectivity index (χ3v) is 5.16. The van der Waals surface area contributed by atoms with E-state index in [2.05, 4.69) is 25.3 Å². The Hall–Kier alpha value is -3.37. The van der Waals surface area contributed by atoms with Crippen molar-refractivity contribution in [1.29, 1.82) is 0 Å². The highest BCUT2D eigenvalue weighted by Crippen LogP contribution is 2.38. The molecule has 4 aromatic rings. The molecular weight excluding hydrogens is 399 g/mol. The van der Waals surface area contributed by atoms with Gasteiger partial charge in [0.25, 0.3) is 12.3 Å². The van der Waals surface area contributed by atoms with Gasteiger partial charge < -0.3 is 14.3 Å². The first-order chi connectivity index (χ1) is 14.3. The van der Waals surface area contributed by atoms with Gasteiger partial charge in [-0.2, -0.15) is 5.10 Å². The first kappa shape index (κ1) is 18.6. The minimum absolute atomic E-state index is 0.111. The van der Waals surface area contributed by atoms with Crippen LogP contribution in [0.5, 0.6) is 0 Å². The molecule has 156 valence electrons. The molecule has 1 aliphatic heterocycles. The summed E-state index contributed by atoms with van der Waals surface area (Å²) in [5.74, 6) is -0.140. The Balaban J connectivity index is 1.64. The molecule has 0 spiro atoms. The maximum absolute atomic E-state index is 14.3. The lowest BCUT2D eigenvalue weighted by Crippen LogP contribution is -2.37. The molecule has 1 aliphatic rings. The first-order valence-electron chi connectivity index (χ1n) is 9.41. The van der Waals surface area contributed by atoms with E-state index in [0.29, 0.717) is 29.9 Å². The van der Waals surface area contributed by atoms with Crippen LogP contribution >= 0.6 is 0 Å². The van der Waals surface area contributed by atoms with Crippen molar-refractivity contribution in [2.24, 2.45) is 0 Å². The van der Waals surface area contributed by atoms with Crippen molar-refractivity contribution in [3.8, 4) is 0 Å². The maximum atomic E-state index is 14.3. The molecule has 5 heterocycles. The van der Waals surface area contributed by atoms with Gasteiger partial charge in [0.2, 0.25) is 0 Å². The van der Waals surface area contributed by atoms with Crippen LogP contribution in [0, 0.1) is 0 Å². The molecule has 4 aromatic heterocycles. The number of fused-ring (bicyclic) bond motifs is 2. The number of hydrogen-bond acceptors (Lipinski definition) is 6. The van der Waals surface area contributed by atoms with Crippen LogP contribution in [0.4, 0.5) is 19.2 Å². The van der Waals surface area contributed by atoms with Crippen molar-refractivity contribution in [3.05, 3.63) is 59.3 Å². The van der Waals surface area contributed by atoms with E-state index in [9.17, 15) is 13.2 Å². The number of rotatable bonds is 4. The molecule has 0 bridgehead atoms. The summed E-state index contributed by atoms with van der Waals surface area (Å²) in [6.07, 6.45) is 1.18. The quantitative estimate of drug-likeness (QED) is 0.544. The van der Waals surface area contributed by atoms with Crippen molar-refractivity contribution in [2.45, 2.75) is 38.4 Å². The van der Waals surface area contributed by atoms with E-state index >= 15 is 0 Å². The lowest BCUT2D eigenvalue weighted by Gasteiger charge is -2.32. The molecule has 8 nitrogen and oxygen atoms in total. The molecule has 11 heteroatoms. The van der Waals surface area contributed by atoms with E-state index < -0.39 is 18.1 Å². The van der Waals surface area contributed by atoms with Gasteiger partial charge in [-0.05, 0) is 32.0 Å². The third kappa shape index (κ3) is 2.92. The SMILES string of the molecule is CC(C)(F)c1nnc(N2CCc3[nH]cnc3C2c2cc3c(C(F)F)cccn3n2)o1. The summed E-state index contributed by atoms with van der Waals surface area (Å²) in [4.78, 5) is 9.29. The maximum Gasteiger partial charge on any atom is 0.319 e. The molecule has 1 N–H and O–H groups in total. The number of anilines is 1. The van der Waals surface area contributed by atoms with Gasteiger partial charge in [-0.15, -0.1) is 5.10 Å². The number of nitrogens with zero attached hydrogens (tertiary/aromatic N) is 6. The lowest BCUT2D eigenvalue weighted by atomic mass is 10.00. The normalized spacial score (nSPS) is 17.1. The molecule has 0 saturated heterocycles. The zero-order chi connectivity index (χ0) is 21.0. The van der Waals surface area contributed by atoms with Gasteiger partial charge in [-0.3, -0.25) is 0 Å². The van der Waals surface area contributed by atoms with Crippen LogP contribution in [0.3, 0.4) is 0 Å². The second-order valence-corrected chi connectivity index (χ2v) is 7.64. The number of pyridine rings is 1. The smallest absolute Gasteiger partial charge is 0.319 e. The molecule has 0 fully saturated rings. The monoisotopic (exact) mass is 417 g/mol. The molecule has 5 rings (SSSR count). The van der Waals surface area contributed by atoms with Crippen molar-refractivity contribution < 1.29 is 17.6 Å². The van der Waals surface area contributed by atoms with Gasteiger partial charge in [0.15, 0.2) is 5.67 Å². The van der Waals surface area contributed by atoms with E-state index in [0.717, 1.165) is 5.69 Å². The van der Waals surface area contributed by atoms with Crippen LogP contribution < -0.4 is 4.90 Å². The van der Waals surface area contributed by atoms with Crippen LogP contribution in [0.1, 0.15) is 54.9 Å². The molecule has 30 heavy (non-hydrogen) atoms. The Bertz CT molecular complexity index is 1210. The minimum atomic E-state index is -2.63. The Morgan fingerprint density at radius 3 is 2.87 bits per heavy atom. The zero-order valence-electron chi connectivity index (χ0n) is 16.2. The van der Waals surface area contributed by atoms with E-state index in [1.807, 2.05) is 0 Å². The Morgan fingerprint density at radius 2 is 2.13 bits per heavy atom. The van der Waals surface area contributed by atoms with Crippen molar-refractivity contribution in [1.82, 2.24) is 29.8 Å². The summed E-state index contributed by atoms with van der Waals surface area (Å²) < 4.78 is 48.2. The van der Waals surface area contributed by atoms with Gasteiger partial charge >= 0.3 is 6.01 Å². The summed E-state index contributed by atoms with van der Waals surface area (Å²) in [6.45, 7) is 3.14. The number of H-pyrrole nitrogens is 1. The standard InChI is InChI=1S/C19H18F3N7O/c1-19(2,22)17-25-26-18(30-17)28-7-5-11-14(24-9-23-11)15(28)12-8-13-10(16(20)21)4-3-6-29(13)27-12/h3-4,6,8-9,15-16H,5,7H2,1-2H3,(H,23,24). The molecule has 0 aromatic carbocycles. The fourth-order valence-electron chi connectivity index (χ4n) is 3.73. The third-order valence-electron chi connectivity index (χ3n) is 5.16. The van der Waals surface area contributed by atoms with Gasteiger partial charge in [0, 0.05) is 30.4 Å². The van der Waals surface area contributed by atoms with Crippen molar-refractivity contribution in [2.75, 3.05) is 11.4 Å². The Kier molecular flexibility index (Phi) is 4.09. The van der Waals surface area contributed by atoms with Crippen LogP contribution in [0.15, 0.2) is 35.1 Å². The summed E-state index contributed by atoms with van der Waals surface area (Å²) in [7, 11) is 0. The van der Waals surface area contributed by atoms with Gasteiger partial charge in [-0.1, -0.05) is 5.10 Å². The number of alkyl halides is 3. The topological polar surface area (TPSA) is 88.1 Å². The number of aromatic amines is 1. The molecule has 0 amide bonds. The zero-order valence-corrected chi connectivity index (χ0v) is 16.2. The van der Waals surface area contributed by atoms with Gasteiger partial charge in [-0.25, -0.2) is 22.7 Å². The summed E-state index contributed by atoms with van der Waals surface area (Å²) >= 11 is 0. The van der Waals surface area contributed by atoms with Crippen LogP contribution in [0.25, 0.3) is 5.52 Å². The van der Waals surface area contributed by atoms with E-state index in [1.54, 1.807) is 23.5 Å². The minimum Gasteiger partial charge on any atom is -0.404 e. The number of nitrogens with one attached hydrogen (secondary N) is 1. The van der Waals surface area contributed by atoms with Crippen molar-refractivity contribution in [3.63, 3.8) is 0 Å². The lowest BCUT2D eigenvalue weighted by molar-refractivity contribution is 0.152. The number of aromatic nitrogens is 6. The number of imidazole rings is 1. The highest BCUT2D eigenvalue weighted by atomic mass is 19.3. The van der Waals surface area contributed by atoms with E-state index in [-0.39, 0.29) is 17.5 Å². The molecule has 0 aliphatic carbocycles. The second kappa shape index (κ2) is 6.57. The van der Waals surface area contributed by atoms with Crippen LogP contribution in [-0.4, -0.2) is 36.3 Å². The average molecular weight is 417 g/mol. The fraction of sp³-hybridized carbons (Fsp3) is 0.368. The Morgan fingerprint density at radius 1 is 1.30 bits per heavy atom. The fourth-order valence-corrected chi connectivity index (χ4v) is 3.73. The molecule has 1 unspecified atom stereocenters. The predicted octanol–water partition coefficient (Wildman–Crippen LogP) is 3.73. The second-order valence-electron chi connectivity index (χ2n) is 7.64. The Labute approximate surface area is 168 Å². The predicted molar refractivity (Wildman–Crippen MR) is 100 cm³/mol. The highest BCUT2D eigenvalue weighted by molar-refractivity contribution is 5.58. The molecule has 0 radical (unpaired) electrons. The summed E-state index contributed by atoms with van der Waals surface area (Å²) in [6, 6.07) is 4.08. The number of halogens is 3. The van der Waals surface area contributed by atoms with Gasteiger partial charge in [0.05, 0.1) is 23.2 Å². The van der Waals surface area contributed by atoms with Gasteiger partial charge in [0.1, 0.15) is 6.04 Å². The first-order valence-corrected chi connectivity index (χ1v) is 9.41. The molecule has 1 atom stereocenters. The van der Waals surface area contributed by atoms with Crippen LogP contribution in [0.2, 0.25) is 0 Å². The summed E-state index contributed by atoms with van der Waals surface area (Å²) in [5.41, 5.74) is 0.496. The van der Waals surface area contributed by atoms with E-state index in [4.69, 9.17) is 4.42 Å². The van der Waals surface area contributed by atoms with Crippen molar-refractivity contribution >= 4 is 11.5 Å². The average Bonchev–Trinajstić information content (AvgIpc) is 3.43. The molecule has 0 saturated carbocycles. The molecular formula is C19H18F3N7O. The summed E-state index contributed by atoms with van der Waals surface area (Å²) in [5, 5.41) is 12.4. The number of hydrogen-bond donors (Lipinski definition) is 1. The van der Waals surface area contributed by atoms with E-state index in [1.165, 1.54) is 30.5 Å². The largest absolute Gasteiger partial charge is 0.404 e. The highest BCUT2D eigenvalue weighted by Gasteiger charge is 2.37.